The van der Waals surface area contributed by atoms with Gasteiger partial charge in [0, 0.05) is 20.1 Å². The smallest absolute Gasteiger partial charge is 0.196 e. The standard InChI is InChI=1S/C16H18F6O3S2/c1-5-12-8-10-6-7-11(14(2,3)4)9-13(10)26(12,15(17,18)19)25-27(23,24)16(20,21)22/h6-9H,5H2,1-4H3. The van der Waals surface area contributed by atoms with E-state index < -0.39 is 46.7 Å². The zero-order chi connectivity index (χ0) is 21.1. The van der Waals surface area contributed by atoms with E-state index in [4.69, 9.17) is 0 Å². The molecule has 1 heterocycles. The van der Waals surface area contributed by atoms with Gasteiger partial charge < -0.3 is 0 Å². The van der Waals surface area contributed by atoms with E-state index in [9.17, 15) is 34.8 Å². The van der Waals surface area contributed by atoms with Gasteiger partial charge in [-0.2, -0.15) is 38.4 Å². The Labute approximate surface area is 155 Å². The van der Waals surface area contributed by atoms with Crippen LogP contribution in [0.15, 0.2) is 28.0 Å². The summed E-state index contributed by atoms with van der Waals surface area (Å²) in [5, 5.41) is 0. The average Bonchev–Trinajstić information content (AvgIpc) is 2.78. The molecule has 154 valence electrons. The summed E-state index contributed by atoms with van der Waals surface area (Å²) in [4.78, 5) is -1.10. The molecule has 2 rings (SSSR count). The first-order valence-electron chi connectivity index (χ1n) is 7.74. The molecule has 3 nitrogen and oxygen atoms in total. The Morgan fingerprint density at radius 2 is 1.59 bits per heavy atom. The van der Waals surface area contributed by atoms with E-state index in [1.165, 1.54) is 13.0 Å². The molecule has 1 aliphatic heterocycles. The third-order valence-electron chi connectivity index (χ3n) is 4.02. The van der Waals surface area contributed by atoms with Crippen LogP contribution in [0, 0.1) is 0 Å². The molecule has 0 radical (unpaired) electrons. The predicted octanol–water partition coefficient (Wildman–Crippen LogP) is 6.21. The average molecular weight is 436 g/mol. The molecular formula is C16H18F6O3S2. The predicted molar refractivity (Wildman–Crippen MR) is 91.4 cm³/mol. The maximum Gasteiger partial charge on any atom is 0.523 e. The number of halogens is 6. The highest BCUT2D eigenvalue weighted by Crippen LogP contribution is 2.78. The Morgan fingerprint density at radius 3 is 2.00 bits per heavy atom. The fraction of sp³-hybridized carbons (Fsp3) is 0.500. The molecule has 0 fully saturated rings. The molecular weight excluding hydrogens is 418 g/mol. The van der Waals surface area contributed by atoms with Crippen molar-refractivity contribution in [3.8, 4) is 0 Å². The number of benzene rings is 1. The van der Waals surface area contributed by atoms with Crippen LogP contribution in [-0.4, -0.2) is 19.4 Å². The Balaban J connectivity index is 2.84. The van der Waals surface area contributed by atoms with Crippen LogP contribution >= 0.6 is 10.3 Å². The van der Waals surface area contributed by atoms with Crippen LogP contribution in [0.3, 0.4) is 0 Å². The molecule has 1 aromatic carbocycles. The Morgan fingerprint density at radius 1 is 1.04 bits per heavy atom. The van der Waals surface area contributed by atoms with E-state index in [1.807, 2.05) is 0 Å². The quantitative estimate of drug-likeness (QED) is 0.418. The lowest BCUT2D eigenvalue weighted by Gasteiger charge is -2.39. The largest absolute Gasteiger partial charge is 0.523 e. The number of allylic oxidation sites excluding steroid dienone is 1. The molecule has 0 N–H and O–H groups in total. The second kappa shape index (κ2) is 6.41. The number of fused-ring (bicyclic) bond motifs is 1. The molecule has 0 bridgehead atoms. The van der Waals surface area contributed by atoms with E-state index >= 15 is 0 Å². The van der Waals surface area contributed by atoms with Crippen molar-refractivity contribution in [1.29, 1.82) is 0 Å². The van der Waals surface area contributed by atoms with Gasteiger partial charge in [0.05, 0.1) is 0 Å². The van der Waals surface area contributed by atoms with E-state index in [0.29, 0.717) is 5.56 Å². The fourth-order valence-corrected chi connectivity index (χ4v) is 7.25. The third-order valence-corrected chi connectivity index (χ3v) is 8.89. The van der Waals surface area contributed by atoms with Gasteiger partial charge in [0.1, 0.15) is 0 Å². The van der Waals surface area contributed by atoms with Gasteiger partial charge in [-0.15, -0.1) is 0 Å². The highest BCUT2D eigenvalue weighted by atomic mass is 32.3. The molecule has 1 aliphatic rings. The Kier molecular flexibility index (Phi) is 5.25. The summed E-state index contributed by atoms with van der Waals surface area (Å²) in [5.41, 5.74) is -11.5. The summed E-state index contributed by atoms with van der Waals surface area (Å²) in [6, 6.07) is 4.01. The molecule has 0 spiro atoms. The van der Waals surface area contributed by atoms with Crippen molar-refractivity contribution >= 4 is 26.5 Å². The van der Waals surface area contributed by atoms with Crippen molar-refractivity contribution < 1.29 is 38.4 Å². The van der Waals surface area contributed by atoms with Gasteiger partial charge in [-0.1, -0.05) is 39.8 Å². The summed E-state index contributed by atoms with van der Waals surface area (Å²) in [6.07, 6.45) is 0.748. The minimum atomic E-state index is -6.48. The molecule has 0 aliphatic carbocycles. The van der Waals surface area contributed by atoms with Crippen LogP contribution in [0.2, 0.25) is 0 Å². The maximum atomic E-state index is 14.1. The summed E-state index contributed by atoms with van der Waals surface area (Å²) in [7, 11) is -11.4. The van der Waals surface area contributed by atoms with Crippen LogP contribution in [-0.2, 0) is 19.2 Å². The normalized spacial score (nSPS) is 23.6. The van der Waals surface area contributed by atoms with Crippen molar-refractivity contribution in [2.45, 2.75) is 55.4 Å². The van der Waals surface area contributed by atoms with Gasteiger partial charge >= 0.3 is 21.1 Å². The Hall–Kier alpha value is -1.20. The van der Waals surface area contributed by atoms with Crippen molar-refractivity contribution in [1.82, 2.24) is 0 Å². The van der Waals surface area contributed by atoms with Crippen molar-refractivity contribution in [3.05, 3.63) is 34.2 Å². The molecule has 0 aromatic heterocycles. The molecule has 27 heavy (non-hydrogen) atoms. The van der Waals surface area contributed by atoms with Crippen molar-refractivity contribution in [3.63, 3.8) is 0 Å². The van der Waals surface area contributed by atoms with Gasteiger partial charge in [0.15, 0.2) is 0 Å². The molecule has 11 heteroatoms. The summed E-state index contributed by atoms with van der Waals surface area (Å²) in [6.45, 7) is 6.46. The number of hydrogen-bond acceptors (Lipinski definition) is 3. The van der Waals surface area contributed by atoms with E-state index in [0.717, 1.165) is 12.1 Å². The molecule has 1 atom stereocenters. The summed E-state index contributed by atoms with van der Waals surface area (Å²) < 4.78 is 108. The van der Waals surface area contributed by atoms with E-state index in [-0.39, 0.29) is 12.0 Å². The van der Waals surface area contributed by atoms with Gasteiger partial charge in [-0.05, 0) is 35.1 Å². The molecule has 1 aromatic rings. The third kappa shape index (κ3) is 3.61. The Bertz CT molecular complexity index is 879. The second-order valence-corrected chi connectivity index (χ2v) is 11.4. The van der Waals surface area contributed by atoms with Crippen LogP contribution in [0.4, 0.5) is 26.3 Å². The molecule has 0 saturated heterocycles. The topological polar surface area (TPSA) is 43.4 Å². The van der Waals surface area contributed by atoms with Crippen molar-refractivity contribution in [2.75, 3.05) is 0 Å². The van der Waals surface area contributed by atoms with Gasteiger partial charge in [0.25, 0.3) is 0 Å². The van der Waals surface area contributed by atoms with Crippen LogP contribution in [0.1, 0.15) is 45.2 Å². The molecule has 0 amide bonds. The minimum absolute atomic E-state index is 0.00421. The minimum Gasteiger partial charge on any atom is -0.196 e. The lowest BCUT2D eigenvalue weighted by atomic mass is 9.86. The van der Waals surface area contributed by atoms with E-state index in [1.54, 1.807) is 26.8 Å². The van der Waals surface area contributed by atoms with Gasteiger partial charge in [0.2, 0.25) is 0 Å². The van der Waals surface area contributed by atoms with Crippen LogP contribution < -0.4 is 0 Å². The SMILES string of the molecule is CCC1=Cc2ccc(C(C)(C)C)cc2S1(OS(=O)(=O)C(F)(F)F)C(F)(F)F. The maximum absolute atomic E-state index is 14.1. The fourth-order valence-electron chi connectivity index (χ4n) is 2.64. The van der Waals surface area contributed by atoms with Gasteiger partial charge in [-0.25, -0.2) is 0 Å². The molecule has 1 unspecified atom stereocenters. The van der Waals surface area contributed by atoms with E-state index in [2.05, 4.69) is 3.63 Å². The second-order valence-electron chi connectivity index (χ2n) is 6.94. The van der Waals surface area contributed by atoms with Crippen LogP contribution in [0.5, 0.6) is 0 Å². The zero-order valence-corrected chi connectivity index (χ0v) is 16.5. The highest BCUT2D eigenvalue weighted by molar-refractivity contribution is 8.37. The zero-order valence-electron chi connectivity index (χ0n) is 14.8. The van der Waals surface area contributed by atoms with Gasteiger partial charge in [-0.3, -0.25) is 0 Å². The molecule has 0 saturated carbocycles. The first-order valence-corrected chi connectivity index (χ1v) is 10.7. The number of alkyl halides is 6. The first-order chi connectivity index (χ1) is 12.0. The van der Waals surface area contributed by atoms with Crippen LogP contribution in [0.25, 0.3) is 6.08 Å². The lowest BCUT2D eigenvalue weighted by Crippen LogP contribution is -2.32. The highest BCUT2D eigenvalue weighted by Gasteiger charge is 2.63. The number of hydrogen-bond donors (Lipinski definition) is 0. The lowest BCUT2D eigenvalue weighted by molar-refractivity contribution is -0.0546. The first kappa shape index (κ1) is 22.1. The van der Waals surface area contributed by atoms with Crippen molar-refractivity contribution in [2.24, 2.45) is 0 Å². The monoisotopic (exact) mass is 436 g/mol. The summed E-state index contributed by atoms with van der Waals surface area (Å²) >= 11 is 0. The summed E-state index contributed by atoms with van der Waals surface area (Å²) in [5.74, 6) is 0. The number of rotatable bonds is 3.